The van der Waals surface area contributed by atoms with Gasteiger partial charge in [0.15, 0.2) is 5.78 Å². The van der Waals surface area contributed by atoms with E-state index in [-0.39, 0.29) is 53.8 Å². The van der Waals surface area contributed by atoms with E-state index in [2.05, 4.69) is 5.32 Å². The van der Waals surface area contributed by atoms with Crippen LogP contribution in [0, 0.1) is 17.6 Å². The molecule has 0 heterocycles. The maximum absolute atomic E-state index is 13.5. The third-order valence-corrected chi connectivity index (χ3v) is 5.99. The first-order valence-electron chi connectivity index (χ1n) is 11.9. The average molecular weight is 510 g/mol. The van der Waals surface area contributed by atoms with Crippen molar-refractivity contribution in [2.75, 3.05) is 6.79 Å². The number of Topliss-reactive ketones (excluding diaryl/α,β-unsaturated/α-hetero) is 1. The van der Waals surface area contributed by atoms with Crippen LogP contribution in [0.5, 0.6) is 5.75 Å². The molecule has 6 nitrogen and oxygen atoms in total. The summed E-state index contributed by atoms with van der Waals surface area (Å²) < 4.78 is 37.2. The third kappa shape index (κ3) is 7.70. The van der Waals surface area contributed by atoms with Crippen LogP contribution in [0.1, 0.15) is 54.6 Å². The van der Waals surface area contributed by atoms with Crippen LogP contribution in [0.2, 0.25) is 0 Å². The van der Waals surface area contributed by atoms with E-state index >= 15 is 0 Å². The molecular formula is C29H29F2NO5. The summed E-state index contributed by atoms with van der Waals surface area (Å²) in [5.74, 6) is -2.30. The number of hydrogen-bond acceptors (Lipinski definition) is 5. The fourth-order valence-electron chi connectivity index (χ4n) is 4.11. The Morgan fingerprint density at radius 3 is 1.92 bits per heavy atom. The van der Waals surface area contributed by atoms with E-state index in [1.54, 1.807) is 49.4 Å². The van der Waals surface area contributed by atoms with Gasteiger partial charge in [0.25, 0.3) is 5.91 Å². The van der Waals surface area contributed by atoms with Gasteiger partial charge >= 0.3 is 5.97 Å². The second kappa shape index (κ2) is 12.8. The van der Waals surface area contributed by atoms with Crippen LogP contribution in [0.4, 0.5) is 8.78 Å². The zero-order valence-corrected chi connectivity index (χ0v) is 20.9. The Labute approximate surface area is 214 Å². The number of halogens is 2. The molecule has 0 fully saturated rings. The maximum Gasteiger partial charge on any atom is 0.305 e. The number of benzene rings is 3. The molecule has 194 valence electrons. The highest BCUT2D eigenvalue weighted by molar-refractivity contribution is 5.99. The second-order valence-electron chi connectivity index (χ2n) is 8.82. The number of esters is 1. The first kappa shape index (κ1) is 27.5. The Hall–Kier alpha value is -4.07. The minimum Gasteiger partial charge on any atom is -0.457 e. The first-order valence-corrected chi connectivity index (χ1v) is 11.9. The van der Waals surface area contributed by atoms with E-state index in [0.29, 0.717) is 0 Å². The molecule has 1 amide bonds. The van der Waals surface area contributed by atoms with Gasteiger partial charge in [-0.1, -0.05) is 43.3 Å². The Kier molecular flexibility index (Phi) is 9.49. The van der Waals surface area contributed by atoms with E-state index in [4.69, 9.17) is 9.47 Å². The van der Waals surface area contributed by atoms with E-state index in [0.717, 1.165) is 11.1 Å². The van der Waals surface area contributed by atoms with Gasteiger partial charge in [-0.05, 0) is 60.4 Å². The van der Waals surface area contributed by atoms with Crippen LogP contribution in [0.25, 0.3) is 0 Å². The number of ether oxygens (including phenoxy) is 2. The van der Waals surface area contributed by atoms with Crippen molar-refractivity contribution in [3.05, 3.63) is 101 Å². The van der Waals surface area contributed by atoms with Crippen molar-refractivity contribution in [3.8, 4) is 5.75 Å². The Morgan fingerprint density at radius 2 is 1.38 bits per heavy atom. The molecular weight excluding hydrogens is 480 g/mol. The molecule has 37 heavy (non-hydrogen) atoms. The molecule has 8 heteroatoms. The lowest BCUT2D eigenvalue weighted by atomic mass is 9.79. The third-order valence-electron chi connectivity index (χ3n) is 5.99. The number of carbonyl (C=O) groups is 3. The molecule has 0 aromatic heterocycles. The molecule has 0 saturated heterocycles. The zero-order valence-electron chi connectivity index (χ0n) is 20.9. The van der Waals surface area contributed by atoms with Crippen LogP contribution < -0.4 is 10.1 Å². The molecule has 2 atom stereocenters. The highest BCUT2D eigenvalue weighted by Gasteiger charge is 2.27. The fraction of sp³-hybridized carbons (Fsp3) is 0.276. The molecule has 0 aliphatic rings. The van der Waals surface area contributed by atoms with Gasteiger partial charge < -0.3 is 14.8 Å². The Balaban J connectivity index is 1.71. The number of rotatable bonds is 11. The van der Waals surface area contributed by atoms with Crippen LogP contribution in [0.15, 0.2) is 72.8 Å². The number of para-hydroxylation sites is 1. The Morgan fingerprint density at radius 1 is 0.838 bits per heavy atom. The topological polar surface area (TPSA) is 81.7 Å². The number of ketones is 1. The van der Waals surface area contributed by atoms with Crippen LogP contribution in [-0.2, 0) is 14.3 Å². The van der Waals surface area contributed by atoms with Gasteiger partial charge in [0.05, 0.1) is 11.6 Å². The fourth-order valence-corrected chi connectivity index (χ4v) is 4.11. The lowest BCUT2D eigenvalue weighted by molar-refractivity contribution is -0.147. The Bertz CT molecular complexity index is 1180. The molecule has 3 rings (SSSR count). The lowest BCUT2D eigenvalue weighted by Gasteiger charge is -2.26. The second-order valence-corrected chi connectivity index (χ2v) is 8.82. The molecule has 0 aliphatic carbocycles. The predicted octanol–water partition coefficient (Wildman–Crippen LogP) is 5.41. The first-order chi connectivity index (χ1) is 17.7. The van der Waals surface area contributed by atoms with E-state index in [1.165, 1.54) is 37.3 Å². The monoisotopic (exact) mass is 509 g/mol. The minimum atomic E-state index is -0.807. The number of nitrogens with one attached hydrogen (secondary N) is 1. The quantitative estimate of drug-likeness (QED) is 0.276. The van der Waals surface area contributed by atoms with Crippen molar-refractivity contribution in [1.82, 2.24) is 5.32 Å². The molecule has 0 bridgehead atoms. The molecule has 0 aliphatic heterocycles. The molecule has 0 radical (unpaired) electrons. The van der Waals surface area contributed by atoms with Gasteiger partial charge in [-0.15, -0.1) is 0 Å². The number of hydrogen-bond donors (Lipinski definition) is 1. The summed E-state index contributed by atoms with van der Waals surface area (Å²) in [5, 5.41) is 2.70. The number of carbonyl (C=O) groups excluding carboxylic acids is 3. The highest BCUT2D eigenvalue weighted by Crippen LogP contribution is 2.34. The smallest absolute Gasteiger partial charge is 0.305 e. The van der Waals surface area contributed by atoms with Gasteiger partial charge in [0, 0.05) is 19.3 Å². The highest BCUT2D eigenvalue weighted by atomic mass is 19.1. The molecule has 0 spiro atoms. The van der Waals surface area contributed by atoms with Crippen LogP contribution in [-0.4, -0.2) is 30.5 Å². The van der Waals surface area contributed by atoms with Gasteiger partial charge in [-0.2, -0.15) is 0 Å². The van der Waals surface area contributed by atoms with E-state index in [1.807, 2.05) is 6.92 Å². The maximum atomic E-state index is 13.5. The van der Waals surface area contributed by atoms with Crippen molar-refractivity contribution in [2.24, 2.45) is 5.92 Å². The van der Waals surface area contributed by atoms with Crippen molar-refractivity contribution >= 4 is 17.7 Å². The lowest BCUT2D eigenvalue weighted by Crippen LogP contribution is -2.39. The van der Waals surface area contributed by atoms with Gasteiger partial charge in [0.1, 0.15) is 17.4 Å². The van der Waals surface area contributed by atoms with Crippen molar-refractivity contribution in [2.45, 2.75) is 39.2 Å². The summed E-state index contributed by atoms with van der Waals surface area (Å²) in [7, 11) is 0. The standard InChI is InChI=1S/C29H29F2NO5/c1-18(28(21-8-12-23(30)13-9-21)22-10-14-24(31)15-11-22)16-26(34)19(2)32-29(35)25-6-4-5-7-27(25)37-17-36-20(3)33/h4-15,18-19,28H,16-17H2,1-3H3,(H,32,35)/t18-,19+/m1/s1. The minimum absolute atomic E-state index is 0.117. The molecule has 3 aromatic rings. The van der Waals surface area contributed by atoms with Gasteiger partial charge in [-0.25, -0.2) is 8.78 Å². The summed E-state index contributed by atoms with van der Waals surface area (Å²) in [6.07, 6.45) is 0.117. The molecule has 0 unspecified atom stereocenters. The zero-order chi connectivity index (χ0) is 26.9. The van der Waals surface area contributed by atoms with Crippen molar-refractivity contribution in [1.29, 1.82) is 0 Å². The average Bonchev–Trinajstić information content (AvgIpc) is 2.86. The van der Waals surface area contributed by atoms with Gasteiger partial charge in [-0.3, -0.25) is 14.4 Å². The van der Waals surface area contributed by atoms with Crippen molar-refractivity contribution < 1.29 is 32.6 Å². The molecule has 3 aromatic carbocycles. The summed E-state index contributed by atoms with van der Waals surface area (Å²) >= 11 is 0. The summed E-state index contributed by atoms with van der Waals surface area (Å²) in [5.41, 5.74) is 1.78. The number of amides is 1. The summed E-state index contributed by atoms with van der Waals surface area (Å²) in [6, 6.07) is 17.6. The SMILES string of the molecule is CC(=O)OCOc1ccccc1C(=O)N[C@@H](C)C(=O)C[C@@H](C)C(c1ccc(F)cc1)c1ccc(F)cc1. The van der Waals surface area contributed by atoms with Crippen molar-refractivity contribution in [3.63, 3.8) is 0 Å². The summed E-state index contributed by atoms with van der Waals surface area (Å²) in [6.45, 7) is 4.38. The van der Waals surface area contributed by atoms with Gasteiger partial charge in [0.2, 0.25) is 6.79 Å². The largest absolute Gasteiger partial charge is 0.457 e. The molecule has 1 N–H and O–H groups in total. The van der Waals surface area contributed by atoms with E-state index in [9.17, 15) is 23.2 Å². The summed E-state index contributed by atoms with van der Waals surface area (Å²) in [4.78, 5) is 37.0. The van der Waals surface area contributed by atoms with Crippen LogP contribution in [0.3, 0.4) is 0 Å². The van der Waals surface area contributed by atoms with Crippen LogP contribution >= 0.6 is 0 Å². The normalized spacial score (nSPS) is 12.5. The predicted molar refractivity (Wildman–Crippen MR) is 134 cm³/mol. The van der Waals surface area contributed by atoms with E-state index < -0.39 is 17.9 Å². The molecule has 0 saturated carbocycles.